The van der Waals surface area contributed by atoms with E-state index in [1.807, 2.05) is 13.8 Å². The minimum atomic E-state index is -0.251. The number of hydrogen-bond donors (Lipinski definition) is 0. The van der Waals surface area contributed by atoms with E-state index in [-0.39, 0.29) is 10.5 Å². The molecule has 0 aliphatic carbocycles. The van der Waals surface area contributed by atoms with E-state index in [2.05, 4.69) is 25.1 Å². The lowest BCUT2D eigenvalue weighted by atomic mass is 9.93. The van der Waals surface area contributed by atoms with Gasteiger partial charge in [0.25, 0.3) is 0 Å². The van der Waals surface area contributed by atoms with Crippen LogP contribution < -0.4 is 0 Å². The predicted molar refractivity (Wildman–Crippen MR) is 65.5 cm³/mol. The zero-order valence-corrected chi connectivity index (χ0v) is 10.3. The molecule has 0 bridgehead atoms. The molecule has 0 aromatic heterocycles. The zero-order chi connectivity index (χ0) is 11.1. The second-order valence-corrected chi connectivity index (χ2v) is 6.07. The third-order valence-corrected chi connectivity index (χ3v) is 4.32. The molecule has 1 heterocycles. The van der Waals surface area contributed by atoms with Crippen LogP contribution in [0.2, 0.25) is 0 Å². The van der Waals surface area contributed by atoms with Crippen molar-refractivity contribution in [2.24, 2.45) is 0 Å². The van der Waals surface area contributed by atoms with Gasteiger partial charge in [0.1, 0.15) is 0 Å². The Balaban J connectivity index is 2.49. The molecular formula is C13H16OS. The summed E-state index contributed by atoms with van der Waals surface area (Å²) in [5, 5.41) is 0. The van der Waals surface area contributed by atoms with Crippen molar-refractivity contribution in [3.8, 4) is 0 Å². The third kappa shape index (κ3) is 1.83. The molecule has 1 aliphatic heterocycles. The highest BCUT2D eigenvalue weighted by atomic mass is 32.2. The first-order chi connectivity index (χ1) is 7.04. The van der Waals surface area contributed by atoms with Crippen molar-refractivity contribution in [2.45, 2.75) is 37.7 Å². The number of carbonyl (C=O) groups excluding carboxylic acids is 1. The molecule has 0 unspecified atom stereocenters. The van der Waals surface area contributed by atoms with Crippen LogP contribution in [0.3, 0.4) is 0 Å². The van der Waals surface area contributed by atoms with E-state index in [1.165, 1.54) is 11.1 Å². The van der Waals surface area contributed by atoms with Crippen LogP contribution in [0, 0.1) is 0 Å². The Hall–Kier alpha value is -0.760. The summed E-state index contributed by atoms with van der Waals surface area (Å²) in [5.41, 5.74) is 3.39. The van der Waals surface area contributed by atoms with Gasteiger partial charge in [0.05, 0.1) is 4.75 Å². The monoisotopic (exact) mass is 220 g/mol. The zero-order valence-electron chi connectivity index (χ0n) is 9.46. The lowest BCUT2D eigenvalue weighted by Gasteiger charge is -2.29. The van der Waals surface area contributed by atoms with Gasteiger partial charge in [-0.05, 0) is 37.5 Å². The Morgan fingerprint density at radius 1 is 1.40 bits per heavy atom. The van der Waals surface area contributed by atoms with E-state index in [1.54, 1.807) is 11.8 Å². The van der Waals surface area contributed by atoms with Crippen LogP contribution in [0.5, 0.6) is 0 Å². The Kier molecular flexibility index (Phi) is 2.63. The van der Waals surface area contributed by atoms with Gasteiger partial charge in [-0.3, -0.25) is 4.79 Å². The minimum absolute atomic E-state index is 0.251. The first kappa shape index (κ1) is 10.7. The topological polar surface area (TPSA) is 17.1 Å². The van der Waals surface area contributed by atoms with E-state index in [0.29, 0.717) is 0 Å². The van der Waals surface area contributed by atoms with Gasteiger partial charge in [-0.2, -0.15) is 0 Å². The minimum Gasteiger partial charge on any atom is -0.293 e. The molecule has 1 aromatic rings. The third-order valence-electron chi connectivity index (χ3n) is 2.96. The van der Waals surface area contributed by atoms with Crippen LogP contribution >= 0.6 is 11.8 Å². The van der Waals surface area contributed by atoms with Crippen molar-refractivity contribution in [2.75, 3.05) is 0 Å². The molecule has 1 nitrogen and oxygen atoms in total. The number of ketones is 1. The van der Waals surface area contributed by atoms with E-state index >= 15 is 0 Å². The molecule has 0 atom stereocenters. The fraction of sp³-hybridized carbons (Fsp3) is 0.462. The summed E-state index contributed by atoms with van der Waals surface area (Å²) < 4.78 is -0.251. The molecule has 1 aliphatic rings. The molecule has 0 fully saturated rings. The van der Waals surface area contributed by atoms with Gasteiger partial charge in [-0.15, -0.1) is 11.8 Å². The van der Waals surface area contributed by atoms with Crippen molar-refractivity contribution in [3.05, 3.63) is 34.9 Å². The molecule has 0 saturated carbocycles. The second-order valence-electron chi connectivity index (χ2n) is 4.47. The number of hydrogen-bond acceptors (Lipinski definition) is 2. The SMILES string of the molecule is CCc1ccc2c(c1)C(=O)C(C)(C)SC2. The predicted octanol–water partition coefficient (Wildman–Crippen LogP) is 3.46. The van der Waals surface area contributed by atoms with Crippen LogP contribution in [0.1, 0.15) is 42.3 Å². The number of rotatable bonds is 1. The average Bonchev–Trinajstić information content (AvgIpc) is 2.24. The number of benzene rings is 1. The van der Waals surface area contributed by atoms with Gasteiger partial charge in [0, 0.05) is 11.3 Å². The number of carbonyl (C=O) groups is 1. The number of fused-ring (bicyclic) bond motifs is 1. The smallest absolute Gasteiger partial charge is 0.178 e. The maximum absolute atomic E-state index is 12.2. The Bertz CT molecular complexity index is 407. The summed E-state index contributed by atoms with van der Waals surface area (Å²) in [6, 6.07) is 6.30. The second kappa shape index (κ2) is 3.67. The van der Waals surface area contributed by atoms with E-state index in [9.17, 15) is 4.79 Å². The summed E-state index contributed by atoms with van der Waals surface area (Å²) in [7, 11) is 0. The van der Waals surface area contributed by atoms with Crippen LogP contribution in [-0.2, 0) is 12.2 Å². The largest absolute Gasteiger partial charge is 0.293 e. The van der Waals surface area contributed by atoms with Crippen LogP contribution in [0.15, 0.2) is 18.2 Å². The molecule has 0 spiro atoms. The van der Waals surface area contributed by atoms with Crippen molar-refractivity contribution >= 4 is 17.5 Å². The summed E-state index contributed by atoms with van der Waals surface area (Å²) in [5.74, 6) is 1.24. The Morgan fingerprint density at radius 2 is 2.13 bits per heavy atom. The lowest BCUT2D eigenvalue weighted by molar-refractivity contribution is 0.0955. The highest BCUT2D eigenvalue weighted by molar-refractivity contribution is 8.00. The van der Waals surface area contributed by atoms with Gasteiger partial charge < -0.3 is 0 Å². The maximum Gasteiger partial charge on any atom is 0.178 e. The van der Waals surface area contributed by atoms with E-state index in [4.69, 9.17) is 0 Å². The summed E-state index contributed by atoms with van der Waals surface area (Å²) in [6.45, 7) is 6.15. The highest BCUT2D eigenvalue weighted by Crippen LogP contribution is 2.38. The first-order valence-electron chi connectivity index (χ1n) is 5.35. The Labute approximate surface area is 95.3 Å². The molecule has 1 aromatic carbocycles. The molecule has 2 rings (SSSR count). The average molecular weight is 220 g/mol. The molecule has 0 N–H and O–H groups in total. The summed E-state index contributed by atoms with van der Waals surface area (Å²) >= 11 is 1.74. The molecule has 2 heteroatoms. The molecular weight excluding hydrogens is 204 g/mol. The van der Waals surface area contributed by atoms with Crippen molar-refractivity contribution < 1.29 is 4.79 Å². The van der Waals surface area contributed by atoms with Crippen molar-refractivity contribution in [1.29, 1.82) is 0 Å². The van der Waals surface area contributed by atoms with Crippen LogP contribution in [-0.4, -0.2) is 10.5 Å². The van der Waals surface area contributed by atoms with Crippen LogP contribution in [0.4, 0.5) is 0 Å². The van der Waals surface area contributed by atoms with Gasteiger partial charge >= 0.3 is 0 Å². The number of thioether (sulfide) groups is 1. The number of Topliss-reactive ketones (excluding diaryl/α,β-unsaturated/α-hetero) is 1. The Morgan fingerprint density at radius 3 is 2.80 bits per heavy atom. The van der Waals surface area contributed by atoms with E-state index in [0.717, 1.165) is 17.7 Å². The first-order valence-corrected chi connectivity index (χ1v) is 6.33. The van der Waals surface area contributed by atoms with Gasteiger partial charge in [0.2, 0.25) is 0 Å². The summed E-state index contributed by atoms with van der Waals surface area (Å²) in [6.07, 6.45) is 0.994. The summed E-state index contributed by atoms with van der Waals surface area (Å²) in [4.78, 5) is 12.2. The van der Waals surface area contributed by atoms with Gasteiger partial charge in [-0.25, -0.2) is 0 Å². The molecule has 15 heavy (non-hydrogen) atoms. The molecule has 80 valence electrons. The van der Waals surface area contributed by atoms with Crippen LogP contribution in [0.25, 0.3) is 0 Å². The molecule has 0 radical (unpaired) electrons. The lowest BCUT2D eigenvalue weighted by Crippen LogP contribution is -2.32. The normalized spacial score (nSPS) is 18.7. The standard InChI is InChI=1S/C13H16OS/c1-4-9-5-6-10-8-15-13(2,3)12(14)11(10)7-9/h5-7H,4,8H2,1-3H3. The van der Waals surface area contributed by atoms with Crippen molar-refractivity contribution in [1.82, 2.24) is 0 Å². The van der Waals surface area contributed by atoms with Gasteiger partial charge in [-0.1, -0.05) is 19.1 Å². The van der Waals surface area contributed by atoms with Crippen molar-refractivity contribution in [3.63, 3.8) is 0 Å². The fourth-order valence-electron chi connectivity index (χ4n) is 1.83. The molecule has 0 amide bonds. The van der Waals surface area contributed by atoms with Gasteiger partial charge in [0.15, 0.2) is 5.78 Å². The number of aryl methyl sites for hydroxylation is 1. The van der Waals surface area contributed by atoms with E-state index < -0.39 is 0 Å². The fourth-order valence-corrected chi connectivity index (χ4v) is 2.84. The quantitative estimate of drug-likeness (QED) is 0.721. The highest BCUT2D eigenvalue weighted by Gasteiger charge is 2.34. The maximum atomic E-state index is 12.2. The molecule has 0 saturated heterocycles.